The Morgan fingerprint density at radius 3 is 2.45 bits per heavy atom. The van der Waals surface area contributed by atoms with E-state index in [0.29, 0.717) is 32.4 Å². The van der Waals surface area contributed by atoms with E-state index in [0.717, 1.165) is 13.0 Å². The van der Waals surface area contributed by atoms with Crippen molar-refractivity contribution >= 4 is 52.1 Å². The minimum Gasteiger partial charge on any atom is -0.369 e. The van der Waals surface area contributed by atoms with Gasteiger partial charge >= 0.3 is 0 Å². The Kier molecular flexibility index (Phi) is 5.29. The van der Waals surface area contributed by atoms with Crippen LogP contribution in [0.25, 0.3) is 0 Å². The number of benzene rings is 1. The van der Waals surface area contributed by atoms with Gasteiger partial charge in [0.05, 0.1) is 33.1 Å². The van der Waals surface area contributed by atoms with Gasteiger partial charge < -0.3 is 10.6 Å². The molecule has 7 heteroatoms. The molecule has 2 aromatic rings. The summed E-state index contributed by atoms with van der Waals surface area (Å²) >= 11 is 18.0. The number of rotatable bonds is 5. The zero-order valence-electron chi connectivity index (χ0n) is 10.8. The van der Waals surface area contributed by atoms with Gasteiger partial charge in [-0.2, -0.15) is 0 Å². The molecule has 1 aromatic heterocycles. The van der Waals surface area contributed by atoms with E-state index in [1.807, 2.05) is 0 Å². The van der Waals surface area contributed by atoms with Crippen LogP contribution < -0.4 is 10.6 Å². The molecule has 2 N–H and O–H groups in total. The monoisotopic (exact) mass is 330 g/mol. The average Bonchev–Trinajstić information content (AvgIpc) is 2.43. The predicted molar refractivity (Wildman–Crippen MR) is 85.6 cm³/mol. The van der Waals surface area contributed by atoms with Crippen molar-refractivity contribution in [2.75, 3.05) is 17.2 Å². The van der Waals surface area contributed by atoms with Gasteiger partial charge in [-0.3, -0.25) is 4.98 Å². The first-order chi connectivity index (χ1) is 9.60. The van der Waals surface area contributed by atoms with Crippen LogP contribution in [0.2, 0.25) is 15.1 Å². The van der Waals surface area contributed by atoms with Crippen LogP contribution in [0, 0.1) is 0 Å². The summed E-state index contributed by atoms with van der Waals surface area (Å²) in [4.78, 5) is 8.49. The molecule has 0 aliphatic heterocycles. The van der Waals surface area contributed by atoms with E-state index in [4.69, 9.17) is 34.8 Å². The van der Waals surface area contributed by atoms with Gasteiger partial charge in [-0.25, -0.2) is 4.98 Å². The normalized spacial score (nSPS) is 10.4. The van der Waals surface area contributed by atoms with E-state index in [2.05, 4.69) is 27.5 Å². The maximum atomic E-state index is 6.11. The van der Waals surface area contributed by atoms with Crippen LogP contribution in [0.1, 0.15) is 13.3 Å². The smallest absolute Gasteiger partial charge is 0.151 e. The SMILES string of the molecule is CCCNc1cncc(Nc2cc(Cl)c(Cl)cc2Cl)n1. The van der Waals surface area contributed by atoms with Crippen LogP contribution in [-0.2, 0) is 0 Å². The second kappa shape index (κ2) is 6.97. The molecule has 0 bridgehead atoms. The Morgan fingerprint density at radius 2 is 1.70 bits per heavy atom. The summed E-state index contributed by atoms with van der Waals surface area (Å²) in [5, 5.41) is 7.53. The number of nitrogens with one attached hydrogen (secondary N) is 2. The molecular formula is C13H13Cl3N4. The zero-order chi connectivity index (χ0) is 14.5. The van der Waals surface area contributed by atoms with Crippen molar-refractivity contribution in [1.29, 1.82) is 0 Å². The Bertz CT molecular complexity index is 604. The largest absolute Gasteiger partial charge is 0.369 e. The van der Waals surface area contributed by atoms with Crippen LogP contribution in [0.15, 0.2) is 24.5 Å². The van der Waals surface area contributed by atoms with Gasteiger partial charge in [0.1, 0.15) is 5.82 Å². The van der Waals surface area contributed by atoms with Gasteiger partial charge in [0.2, 0.25) is 0 Å². The highest BCUT2D eigenvalue weighted by molar-refractivity contribution is 6.44. The Labute approximate surface area is 132 Å². The minimum absolute atomic E-state index is 0.409. The van der Waals surface area contributed by atoms with E-state index < -0.39 is 0 Å². The van der Waals surface area contributed by atoms with Gasteiger partial charge in [-0.05, 0) is 18.6 Å². The summed E-state index contributed by atoms with van der Waals surface area (Å²) in [7, 11) is 0. The molecule has 0 unspecified atom stereocenters. The molecular weight excluding hydrogens is 319 g/mol. The van der Waals surface area contributed by atoms with Gasteiger partial charge in [0, 0.05) is 6.54 Å². The summed E-state index contributed by atoms with van der Waals surface area (Å²) in [6.07, 6.45) is 4.28. The molecule has 20 heavy (non-hydrogen) atoms. The third-order valence-corrected chi connectivity index (χ3v) is 3.50. The molecule has 0 aliphatic rings. The van der Waals surface area contributed by atoms with Crippen LogP contribution in [0.4, 0.5) is 17.3 Å². The van der Waals surface area contributed by atoms with E-state index in [1.165, 1.54) is 0 Å². The second-order valence-electron chi connectivity index (χ2n) is 4.09. The minimum atomic E-state index is 0.409. The quantitative estimate of drug-likeness (QED) is 0.757. The molecule has 0 amide bonds. The first-order valence-electron chi connectivity index (χ1n) is 6.07. The molecule has 0 fully saturated rings. The van der Waals surface area contributed by atoms with Crippen molar-refractivity contribution < 1.29 is 0 Å². The van der Waals surface area contributed by atoms with Gasteiger partial charge in [-0.1, -0.05) is 41.7 Å². The molecule has 0 aliphatic carbocycles. The molecule has 1 aromatic carbocycles. The number of aromatic nitrogens is 2. The molecule has 4 nitrogen and oxygen atoms in total. The van der Waals surface area contributed by atoms with Gasteiger partial charge in [0.15, 0.2) is 5.82 Å². The molecule has 0 saturated carbocycles. The third kappa shape index (κ3) is 3.88. The van der Waals surface area contributed by atoms with Crippen molar-refractivity contribution in [2.45, 2.75) is 13.3 Å². The second-order valence-corrected chi connectivity index (χ2v) is 5.31. The van der Waals surface area contributed by atoms with E-state index in [9.17, 15) is 0 Å². The highest BCUT2D eigenvalue weighted by Crippen LogP contribution is 2.33. The number of hydrogen-bond donors (Lipinski definition) is 2. The lowest BCUT2D eigenvalue weighted by Gasteiger charge is -2.10. The lowest BCUT2D eigenvalue weighted by Crippen LogP contribution is -2.04. The third-order valence-electron chi connectivity index (χ3n) is 2.46. The summed E-state index contributed by atoms with van der Waals surface area (Å²) in [5.41, 5.74) is 0.628. The molecule has 106 valence electrons. The van der Waals surface area contributed by atoms with E-state index in [-0.39, 0.29) is 0 Å². The van der Waals surface area contributed by atoms with Crippen molar-refractivity contribution in [3.63, 3.8) is 0 Å². The predicted octanol–water partition coefficient (Wildman–Crippen LogP) is 5.00. The molecule has 1 heterocycles. The van der Waals surface area contributed by atoms with Crippen LogP contribution in [0.3, 0.4) is 0 Å². The Hall–Kier alpha value is -1.23. The maximum Gasteiger partial charge on any atom is 0.151 e. The number of hydrogen-bond acceptors (Lipinski definition) is 4. The number of nitrogens with zero attached hydrogens (tertiary/aromatic N) is 2. The van der Waals surface area contributed by atoms with Crippen molar-refractivity contribution in [3.8, 4) is 0 Å². The highest BCUT2D eigenvalue weighted by atomic mass is 35.5. The lowest BCUT2D eigenvalue weighted by atomic mass is 10.3. The first-order valence-corrected chi connectivity index (χ1v) is 7.21. The van der Waals surface area contributed by atoms with Crippen molar-refractivity contribution in [3.05, 3.63) is 39.6 Å². The fourth-order valence-corrected chi connectivity index (χ4v) is 2.11. The van der Waals surface area contributed by atoms with Crippen LogP contribution in [0.5, 0.6) is 0 Å². The fraction of sp³-hybridized carbons (Fsp3) is 0.231. The van der Waals surface area contributed by atoms with Crippen molar-refractivity contribution in [2.24, 2.45) is 0 Å². The molecule has 2 rings (SSSR count). The average molecular weight is 332 g/mol. The fourth-order valence-electron chi connectivity index (χ4n) is 1.52. The van der Waals surface area contributed by atoms with Crippen LogP contribution >= 0.6 is 34.8 Å². The van der Waals surface area contributed by atoms with Crippen molar-refractivity contribution in [1.82, 2.24) is 9.97 Å². The van der Waals surface area contributed by atoms with E-state index in [1.54, 1.807) is 24.5 Å². The molecule has 0 atom stereocenters. The maximum absolute atomic E-state index is 6.11. The zero-order valence-corrected chi connectivity index (χ0v) is 13.0. The summed E-state index contributed by atoms with van der Waals surface area (Å²) in [6.45, 7) is 2.92. The Balaban J connectivity index is 2.19. The van der Waals surface area contributed by atoms with Gasteiger partial charge in [-0.15, -0.1) is 0 Å². The molecule has 0 radical (unpaired) electrons. The lowest BCUT2D eigenvalue weighted by molar-refractivity contribution is 0.965. The van der Waals surface area contributed by atoms with Crippen LogP contribution in [-0.4, -0.2) is 16.5 Å². The van der Waals surface area contributed by atoms with Gasteiger partial charge in [0.25, 0.3) is 0 Å². The summed E-state index contributed by atoms with van der Waals surface area (Å²) in [5.74, 6) is 1.28. The topological polar surface area (TPSA) is 49.8 Å². The Morgan fingerprint density at radius 1 is 1.00 bits per heavy atom. The standard InChI is InChI=1S/C13H13Cl3N4/c1-2-3-18-12-6-17-7-13(20-12)19-11-5-9(15)8(14)4-10(11)16/h4-7H,2-3H2,1H3,(H2,18,19,20). The van der Waals surface area contributed by atoms with E-state index >= 15 is 0 Å². The first kappa shape index (κ1) is 15.2. The highest BCUT2D eigenvalue weighted by Gasteiger charge is 2.07. The molecule has 0 saturated heterocycles. The summed E-state index contributed by atoms with van der Waals surface area (Å²) in [6, 6.07) is 3.24. The number of anilines is 3. The molecule has 0 spiro atoms. The summed E-state index contributed by atoms with van der Waals surface area (Å²) < 4.78 is 0. The number of halogens is 3.